The molecule has 17 heavy (non-hydrogen) atoms. The molecule has 0 aliphatic heterocycles. The molecular formula is C12H25NO3S. The van der Waals surface area contributed by atoms with Crippen molar-refractivity contribution in [3.8, 4) is 0 Å². The van der Waals surface area contributed by atoms with Gasteiger partial charge in [0.2, 0.25) is 0 Å². The lowest BCUT2D eigenvalue weighted by Gasteiger charge is -2.00. The van der Waals surface area contributed by atoms with Crippen molar-refractivity contribution in [3.05, 3.63) is 12.2 Å². The minimum absolute atomic E-state index is 0.250. The van der Waals surface area contributed by atoms with Crippen molar-refractivity contribution >= 4 is 9.84 Å². The summed E-state index contributed by atoms with van der Waals surface area (Å²) in [6.45, 7) is 4.24. The fourth-order valence-corrected chi connectivity index (χ4v) is 2.18. The summed E-state index contributed by atoms with van der Waals surface area (Å²) in [6.07, 6.45) is 6.70. The number of nitrogens with one attached hydrogen (secondary N) is 1. The molecule has 0 saturated heterocycles. The van der Waals surface area contributed by atoms with Crippen LogP contribution in [0.1, 0.15) is 26.2 Å². The lowest BCUT2D eigenvalue weighted by Crippen LogP contribution is -2.19. The van der Waals surface area contributed by atoms with Gasteiger partial charge in [0.25, 0.3) is 0 Å². The van der Waals surface area contributed by atoms with Crippen LogP contribution in [0.5, 0.6) is 0 Å². The van der Waals surface area contributed by atoms with Gasteiger partial charge in [-0.15, -0.1) is 0 Å². The quantitative estimate of drug-likeness (QED) is 0.452. The number of hydrogen-bond donors (Lipinski definition) is 1. The third-order valence-electron chi connectivity index (χ3n) is 2.40. The number of methoxy groups -OCH3 is 1. The van der Waals surface area contributed by atoms with E-state index in [-0.39, 0.29) is 5.75 Å². The van der Waals surface area contributed by atoms with Gasteiger partial charge in [0.1, 0.15) is 9.84 Å². The summed E-state index contributed by atoms with van der Waals surface area (Å²) in [4.78, 5) is 0. The van der Waals surface area contributed by atoms with Crippen molar-refractivity contribution in [3.63, 3.8) is 0 Å². The molecule has 0 radical (unpaired) electrons. The molecular weight excluding hydrogens is 238 g/mol. The standard InChI is InChI=1S/C12H25NO3S/c1-3-17(14,15)12-8-6-4-5-7-9-13-10-11-16-2/h4-5,13H,3,6-12H2,1-2H3. The topological polar surface area (TPSA) is 55.4 Å². The van der Waals surface area contributed by atoms with Gasteiger partial charge in [0.15, 0.2) is 0 Å². The van der Waals surface area contributed by atoms with Gasteiger partial charge in [-0.1, -0.05) is 19.1 Å². The highest BCUT2D eigenvalue weighted by Gasteiger charge is 2.04. The van der Waals surface area contributed by atoms with Crippen LogP contribution in [-0.2, 0) is 14.6 Å². The zero-order valence-corrected chi connectivity index (χ0v) is 11.8. The van der Waals surface area contributed by atoms with Crippen LogP contribution in [0.3, 0.4) is 0 Å². The lowest BCUT2D eigenvalue weighted by atomic mass is 10.3. The van der Waals surface area contributed by atoms with Crippen molar-refractivity contribution in [1.29, 1.82) is 0 Å². The fraction of sp³-hybridized carbons (Fsp3) is 0.833. The molecule has 102 valence electrons. The second-order valence-corrected chi connectivity index (χ2v) is 6.35. The van der Waals surface area contributed by atoms with Crippen molar-refractivity contribution in [2.45, 2.75) is 26.2 Å². The molecule has 0 aromatic rings. The molecule has 0 saturated carbocycles. The van der Waals surface area contributed by atoms with Crippen LogP contribution < -0.4 is 5.32 Å². The minimum Gasteiger partial charge on any atom is -0.383 e. The van der Waals surface area contributed by atoms with Crippen LogP contribution in [0, 0.1) is 0 Å². The molecule has 0 rings (SSSR count). The highest BCUT2D eigenvalue weighted by Crippen LogP contribution is 1.98. The maximum absolute atomic E-state index is 11.2. The third-order valence-corrected chi connectivity index (χ3v) is 4.19. The van der Waals surface area contributed by atoms with Gasteiger partial charge < -0.3 is 10.1 Å². The van der Waals surface area contributed by atoms with Crippen LogP contribution in [0.2, 0.25) is 0 Å². The Hall–Kier alpha value is -0.390. The lowest BCUT2D eigenvalue weighted by molar-refractivity contribution is 0.199. The minimum atomic E-state index is -2.79. The van der Waals surface area contributed by atoms with Crippen molar-refractivity contribution in [1.82, 2.24) is 5.32 Å². The largest absolute Gasteiger partial charge is 0.383 e. The maximum atomic E-state index is 11.2. The van der Waals surface area contributed by atoms with Gasteiger partial charge in [-0.25, -0.2) is 8.42 Å². The van der Waals surface area contributed by atoms with Crippen LogP contribution >= 0.6 is 0 Å². The average Bonchev–Trinajstić information content (AvgIpc) is 2.31. The molecule has 5 heteroatoms. The molecule has 4 nitrogen and oxygen atoms in total. The van der Waals surface area contributed by atoms with Gasteiger partial charge in [0, 0.05) is 19.4 Å². The van der Waals surface area contributed by atoms with E-state index in [0.29, 0.717) is 5.75 Å². The first kappa shape index (κ1) is 16.6. The molecule has 0 unspecified atom stereocenters. The Morgan fingerprint density at radius 2 is 1.88 bits per heavy atom. The Kier molecular flexibility index (Phi) is 10.5. The van der Waals surface area contributed by atoms with E-state index in [1.807, 2.05) is 0 Å². The Morgan fingerprint density at radius 1 is 1.18 bits per heavy atom. The van der Waals surface area contributed by atoms with Crippen molar-refractivity contribution in [2.75, 3.05) is 38.3 Å². The third kappa shape index (κ3) is 11.9. The summed E-state index contributed by atoms with van der Waals surface area (Å²) >= 11 is 0. The summed E-state index contributed by atoms with van der Waals surface area (Å²) in [7, 11) is -1.10. The highest BCUT2D eigenvalue weighted by molar-refractivity contribution is 7.91. The molecule has 0 fully saturated rings. The molecule has 0 aliphatic carbocycles. The molecule has 0 aliphatic rings. The van der Waals surface area contributed by atoms with E-state index in [0.717, 1.165) is 39.0 Å². The first-order valence-electron chi connectivity index (χ1n) is 6.17. The van der Waals surface area contributed by atoms with Crippen molar-refractivity contribution < 1.29 is 13.2 Å². The molecule has 1 N–H and O–H groups in total. The molecule has 0 heterocycles. The normalized spacial score (nSPS) is 12.4. The number of ether oxygens (including phenoxy) is 1. The smallest absolute Gasteiger partial charge is 0.150 e. The Morgan fingerprint density at radius 3 is 2.53 bits per heavy atom. The monoisotopic (exact) mass is 263 g/mol. The van der Waals surface area contributed by atoms with Crippen LogP contribution in [-0.4, -0.2) is 46.7 Å². The SMILES string of the molecule is CCS(=O)(=O)CCCC=CCCNCCOC. The predicted molar refractivity (Wildman–Crippen MR) is 72.1 cm³/mol. The van der Waals surface area contributed by atoms with Crippen molar-refractivity contribution in [2.24, 2.45) is 0 Å². The number of unbranched alkanes of at least 4 members (excludes halogenated alkanes) is 1. The van der Waals surface area contributed by atoms with E-state index < -0.39 is 9.84 Å². The van der Waals surface area contributed by atoms with E-state index in [2.05, 4.69) is 17.5 Å². The average molecular weight is 263 g/mol. The van der Waals surface area contributed by atoms with Gasteiger partial charge in [-0.3, -0.25) is 0 Å². The number of hydrogen-bond acceptors (Lipinski definition) is 4. The molecule has 0 spiro atoms. The number of rotatable bonds is 11. The summed E-state index contributed by atoms with van der Waals surface area (Å²) in [5, 5.41) is 3.24. The predicted octanol–water partition coefficient (Wildman–Crippen LogP) is 1.38. The van der Waals surface area contributed by atoms with E-state index >= 15 is 0 Å². The van der Waals surface area contributed by atoms with Gasteiger partial charge in [-0.2, -0.15) is 0 Å². The van der Waals surface area contributed by atoms with Gasteiger partial charge in [-0.05, 0) is 25.8 Å². The van der Waals surface area contributed by atoms with E-state index in [1.54, 1.807) is 14.0 Å². The molecule has 0 amide bonds. The van der Waals surface area contributed by atoms with Crippen LogP contribution in [0.15, 0.2) is 12.2 Å². The Balaban J connectivity index is 3.32. The first-order chi connectivity index (χ1) is 8.12. The molecule has 0 aromatic carbocycles. The Bertz CT molecular complexity index is 286. The molecule has 0 atom stereocenters. The highest BCUT2D eigenvalue weighted by atomic mass is 32.2. The van der Waals surface area contributed by atoms with Crippen LogP contribution in [0.4, 0.5) is 0 Å². The second kappa shape index (κ2) is 10.7. The molecule has 0 aromatic heterocycles. The van der Waals surface area contributed by atoms with Gasteiger partial charge >= 0.3 is 0 Å². The Labute approximate surface area is 105 Å². The van der Waals surface area contributed by atoms with E-state index in [4.69, 9.17) is 4.74 Å². The summed E-state index contributed by atoms with van der Waals surface area (Å²) < 4.78 is 27.3. The number of allylic oxidation sites excluding steroid dienone is 1. The molecule has 0 bridgehead atoms. The zero-order chi connectivity index (χ0) is 13.0. The van der Waals surface area contributed by atoms with Gasteiger partial charge in [0.05, 0.1) is 12.4 Å². The summed E-state index contributed by atoms with van der Waals surface area (Å²) in [5.74, 6) is 0.556. The summed E-state index contributed by atoms with van der Waals surface area (Å²) in [5.41, 5.74) is 0. The van der Waals surface area contributed by atoms with E-state index in [9.17, 15) is 8.42 Å². The van der Waals surface area contributed by atoms with Crippen LogP contribution in [0.25, 0.3) is 0 Å². The zero-order valence-electron chi connectivity index (χ0n) is 10.9. The maximum Gasteiger partial charge on any atom is 0.150 e. The fourth-order valence-electron chi connectivity index (χ4n) is 1.29. The summed E-state index contributed by atoms with van der Waals surface area (Å²) in [6, 6.07) is 0. The first-order valence-corrected chi connectivity index (χ1v) is 7.99. The van der Waals surface area contributed by atoms with E-state index in [1.165, 1.54) is 0 Å². The number of sulfone groups is 1. The second-order valence-electron chi connectivity index (χ2n) is 3.88.